The Kier molecular flexibility index (Phi) is 5.05. The van der Waals surface area contributed by atoms with Gasteiger partial charge >= 0.3 is 0 Å². The van der Waals surface area contributed by atoms with Crippen molar-refractivity contribution in [2.45, 2.75) is 32.9 Å². The van der Waals surface area contributed by atoms with Crippen LogP contribution in [0.3, 0.4) is 0 Å². The van der Waals surface area contributed by atoms with Crippen LogP contribution in [-0.2, 0) is 11.3 Å². The quantitative estimate of drug-likeness (QED) is 0.738. The van der Waals surface area contributed by atoms with Gasteiger partial charge in [-0.3, -0.25) is 14.9 Å². The Morgan fingerprint density at radius 3 is 2.90 bits per heavy atom. The average Bonchev–Trinajstić information content (AvgIpc) is 2.50. The number of aromatic amines is 1. The smallest absolute Gasteiger partial charge is 0.258 e. The molecule has 0 saturated carbocycles. The lowest BCUT2D eigenvalue weighted by Crippen LogP contribution is -2.42. The number of carbonyl (C=O) groups excluding carboxylic acids is 1. The number of H-pyrrole nitrogens is 1. The highest BCUT2D eigenvalue weighted by Gasteiger charge is 2.12. The fraction of sp³-hybridized carbons (Fsp3) is 0.400. The molecule has 1 amide bonds. The van der Waals surface area contributed by atoms with E-state index in [0.29, 0.717) is 29.8 Å². The number of carbonyl (C=O) groups is 1. The second-order valence-corrected chi connectivity index (χ2v) is 4.92. The first-order valence-electron chi connectivity index (χ1n) is 7.11. The van der Waals surface area contributed by atoms with Crippen LogP contribution in [0.5, 0.6) is 0 Å². The second kappa shape index (κ2) is 6.99. The average molecular weight is 288 g/mol. The Bertz CT molecular complexity index is 681. The molecular formula is C15H20N4O2. The molecule has 6 nitrogen and oxygen atoms in total. The van der Waals surface area contributed by atoms with Crippen LogP contribution in [0.15, 0.2) is 29.1 Å². The number of hydrogen-bond donors (Lipinski definition) is 3. The van der Waals surface area contributed by atoms with Gasteiger partial charge in [0.1, 0.15) is 5.82 Å². The summed E-state index contributed by atoms with van der Waals surface area (Å²) in [6.07, 6.45) is 0.901. The summed E-state index contributed by atoms with van der Waals surface area (Å²) in [6.45, 7) is 4.78. The molecule has 1 aromatic carbocycles. The van der Waals surface area contributed by atoms with Gasteiger partial charge in [0.05, 0.1) is 23.5 Å². The number of benzene rings is 1. The summed E-state index contributed by atoms with van der Waals surface area (Å²) in [7, 11) is 0. The third-order valence-electron chi connectivity index (χ3n) is 3.18. The molecule has 112 valence electrons. The van der Waals surface area contributed by atoms with Crippen molar-refractivity contribution in [2.24, 2.45) is 0 Å². The molecule has 0 fully saturated rings. The van der Waals surface area contributed by atoms with Crippen LogP contribution in [0.25, 0.3) is 10.9 Å². The van der Waals surface area contributed by atoms with E-state index in [1.807, 2.05) is 13.0 Å². The number of para-hydroxylation sites is 1. The molecule has 0 spiro atoms. The van der Waals surface area contributed by atoms with Crippen molar-refractivity contribution in [3.8, 4) is 0 Å². The summed E-state index contributed by atoms with van der Waals surface area (Å²) in [6, 6.07) is 6.84. The normalized spacial score (nSPS) is 12.3. The number of amides is 1. The van der Waals surface area contributed by atoms with Crippen molar-refractivity contribution in [1.29, 1.82) is 0 Å². The molecule has 0 aliphatic heterocycles. The Morgan fingerprint density at radius 1 is 1.38 bits per heavy atom. The Balaban J connectivity index is 2.03. The minimum atomic E-state index is -0.340. The van der Waals surface area contributed by atoms with Gasteiger partial charge in [0.2, 0.25) is 5.91 Å². The number of nitrogens with zero attached hydrogens (tertiary/aromatic N) is 1. The molecule has 2 aromatic rings. The van der Waals surface area contributed by atoms with Crippen molar-refractivity contribution in [1.82, 2.24) is 20.6 Å². The number of nitrogens with one attached hydrogen (secondary N) is 3. The van der Waals surface area contributed by atoms with Crippen molar-refractivity contribution in [3.63, 3.8) is 0 Å². The minimum Gasteiger partial charge on any atom is -0.355 e. The van der Waals surface area contributed by atoms with Gasteiger partial charge in [-0.2, -0.15) is 0 Å². The van der Waals surface area contributed by atoms with Crippen LogP contribution in [0.4, 0.5) is 0 Å². The zero-order chi connectivity index (χ0) is 15.2. The molecule has 0 aliphatic carbocycles. The molecule has 1 unspecified atom stereocenters. The highest BCUT2D eigenvalue weighted by atomic mass is 16.2. The molecule has 3 N–H and O–H groups in total. The first-order valence-corrected chi connectivity index (χ1v) is 7.11. The summed E-state index contributed by atoms with van der Waals surface area (Å²) >= 11 is 0. The van der Waals surface area contributed by atoms with Crippen molar-refractivity contribution < 1.29 is 4.79 Å². The molecule has 1 heterocycles. The molecule has 21 heavy (non-hydrogen) atoms. The van der Waals surface area contributed by atoms with E-state index in [1.54, 1.807) is 25.1 Å². The van der Waals surface area contributed by atoms with Gasteiger partial charge in [-0.1, -0.05) is 19.1 Å². The number of hydrogen-bond acceptors (Lipinski definition) is 4. The maximum Gasteiger partial charge on any atom is 0.258 e. The molecule has 0 aliphatic rings. The van der Waals surface area contributed by atoms with E-state index in [9.17, 15) is 9.59 Å². The number of rotatable bonds is 6. The molecule has 6 heteroatoms. The first kappa shape index (κ1) is 15.2. The predicted molar refractivity (Wildman–Crippen MR) is 82.0 cm³/mol. The third kappa shape index (κ3) is 3.88. The van der Waals surface area contributed by atoms with E-state index < -0.39 is 0 Å². The van der Waals surface area contributed by atoms with Crippen LogP contribution in [0, 0.1) is 0 Å². The lowest BCUT2D eigenvalue weighted by molar-refractivity contribution is -0.122. The first-order chi connectivity index (χ1) is 10.1. The molecule has 0 radical (unpaired) electrons. The highest BCUT2D eigenvalue weighted by Crippen LogP contribution is 2.05. The van der Waals surface area contributed by atoms with Gasteiger partial charge in [0, 0.05) is 6.54 Å². The zero-order valence-electron chi connectivity index (χ0n) is 12.3. The molecule has 1 aromatic heterocycles. The fourth-order valence-electron chi connectivity index (χ4n) is 1.96. The van der Waals surface area contributed by atoms with Crippen LogP contribution in [-0.4, -0.2) is 28.5 Å². The monoisotopic (exact) mass is 288 g/mol. The number of fused-ring (bicyclic) bond motifs is 1. The lowest BCUT2D eigenvalue weighted by Gasteiger charge is -2.13. The summed E-state index contributed by atoms with van der Waals surface area (Å²) in [5.41, 5.74) is 0.488. The SMILES string of the molecule is CCCNC(=O)C(C)NCc1nc2ccccc2c(=O)[nH]1. The van der Waals surface area contributed by atoms with Crippen molar-refractivity contribution in [2.75, 3.05) is 6.54 Å². The van der Waals surface area contributed by atoms with Crippen molar-refractivity contribution in [3.05, 3.63) is 40.4 Å². The topological polar surface area (TPSA) is 86.9 Å². The maximum absolute atomic E-state index is 11.9. The number of aromatic nitrogens is 2. The van der Waals surface area contributed by atoms with E-state index in [4.69, 9.17) is 0 Å². The van der Waals surface area contributed by atoms with Crippen LogP contribution < -0.4 is 16.2 Å². The maximum atomic E-state index is 11.9. The van der Waals surface area contributed by atoms with Crippen LogP contribution >= 0.6 is 0 Å². The fourth-order valence-corrected chi connectivity index (χ4v) is 1.96. The van der Waals surface area contributed by atoms with Crippen LogP contribution in [0.1, 0.15) is 26.1 Å². The largest absolute Gasteiger partial charge is 0.355 e. The van der Waals surface area contributed by atoms with E-state index in [1.165, 1.54) is 0 Å². The molecular weight excluding hydrogens is 268 g/mol. The van der Waals surface area contributed by atoms with E-state index >= 15 is 0 Å². The van der Waals surface area contributed by atoms with Crippen LogP contribution in [0.2, 0.25) is 0 Å². The standard InChI is InChI=1S/C15H20N4O2/c1-3-8-16-14(20)10(2)17-9-13-18-12-7-5-4-6-11(12)15(21)19-13/h4-7,10,17H,3,8-9H2,1-2H3,(H,16,20)(H,18,19,21). The lowest BCUT2D eigenvalue weighted by atomic mass is 10.2. The summed E-state index contributed by atoms with van der Waals surface area (Å²) in [4.78, 5) is 30.8. The van der Waals surface area contributed by atoms with Crippen molar-refractivity contribution >= 4 is 16.8 Å². The van der Waals surface area contributed by atoms with Gasteiger partial charge in [-0.25, -0.2) is 4.98 Å². The van der Waals surface area contributed by atoms with E-state index in [0.717, 1.165) is 6.42 Å². The summed E-state index contributed by atoms with van der Waals surface area (Å²) in [5.74, 6) is 0.467. The Hall–Kier alpha value is -2.21. The molecule has 1 atom stereocenters. The van der Waals surface area contributed by atoms with Gasteiger partial charge in [-0.05, 0) is 25.5 Å². The van der Waals surface area contributed by atoms with Gasteiger partial charge in [0.15, 0.2) is 0 Å². The highest BCUT2D eigenvalue weighted by molar-refractivity contribution is 5.81. The van der Waals surface area contributed by atoms with Gasteiger partial charge in [0.25, 0.3) is 5.56 Å². The van der Waals surface area contributed by atoms with Gasteiger partial charge in [-0.15, -0.1) is 0 Å². The summed E-state index contributed by atoms with van der Waals surface area (Å²) in [5, 5.41) is 6.44. The molecule has 0 bridgehead atoms. The predicted octanol–water partition coefficient (Wildman–Crippen LogP) is 0.927. The molecule has 0 saturated heterocycles. The molecule has 2 rings (SSSR count). The summed E-state index contributed by atoms with van der Waals surface area (Å²) < 4.78 is 0. The third-order valence-corrected chi connectivity index (χ3v) is 3.18. The Morgan fingerprint density at radius 2 is 2.14 bits per heavy atom. The zero-order valence-corrected chi connectivity index (χ0v) is 12.3. The second-order valence-electron chi connectivity index (χ2n) is 4.92. The van der Waals surface area contributed by atoms with E-state index in [-0.39, 0.29) is 17.5 Å². The van der Waals surface area contributed by atoms with E-state index in [2.05, 4.69) is 20.6 Å². The minimum absolute atomic E-state index is 0.0556. The van der Waals surface area contributed by atoms with Gasteiger partial charge < -0.3 is 10.3 Å². The Labute approximate surface area is 123 Å².